The first kappa shape index (κ1) is 20.0. The first-order valence-electron chi connectivity index (χ1n) is 11.7. The van der Waals surface area contributed by atoms with E-state index in [1.165, 1.54) is 22.3 Å². The number of benzene rings is 3. The maximum Gasteiger partial charge on any atom is 0.240 e. The van der Waals surface area contributed by atoms with Crippen LogP contribution in [0.2, 0.25) is 0 Å². The molecule has 1 atom stereocenters. The van der Waals surface area contributed by atoms with Gasteiger partial charge in [-0.15, -0.1) is 0 Å². The van der Waals surface area contributed by atoms with Crippen LogP contribution in [0.4, 0.5) is 5.69 Å². The fourth-order valence-corrected chi connectivity index (χ4v) is 5.90. The number of anilines is 1. The van der Waals surface area contributed by atoms with Gasteiger partial charge in [-0.3, -0.25) is 14.5 Å². The lowest BCUT2D eigenvalue weighted by atomic mass is 9.59. The van der Waals surface area contributed by atoms with Crippen LogP contribution in [0.1, 0.15) is 46.9 Å². The first-order chi connectivity index (χ1) is 16.2. The zero-order chi connectivity index (χ0) is 22.4. The van der Waals surface area contributed by atoms with E-state index >= 15 is 0 Å². The van der Waals surface area contributed by atoms with Crippen molar-refractivity contribution in [1.82, 2.24) is 5.32 Å². The van der Waals surface area contributed by atoms with Crippen LogP contribution in [-0.2, 0) is 9.59 Å². The van der Waals surface area contributed by atoms with E-state index in [4.69, 9.17) is 4.74 Å². The number of hydrogen-bond donors (Lipinski definition) is 1. The molecule has 0 saturated heterocycles. The van der Waals surface area contributed by atoms with Gasteiger partial charge >= 0.3 is 0 Å². The summed E-state index contributed by atoms with van der Waals surface area (Å²) in [6.45, 7) is 0.938. The van der Waals surface area contributed by atoms with Crippen LogP contribution in [-0.4, -0.2) is 31.5 Å². The molecule has 4 aliphatic rings. The van der Waals surface area contributed by atoms with Gasteiger partial charge in [-0.25, -0.2) is 0 Å². The van der Waals surface area contributed by atoms with Gasteiger partial charge in [-0.05, 0) is 46.7 Å². The molecular weight excluding hydrogens is 412 g/mol. The second-order valence-electron chi connectivity index (χ2n) is 9.13. The van der Waals surface area contributed by atoms with Crippen LogP contribution in [0, 0.1) is 5.92 Å². The molecule has 0 fully saturated rings. The third kappa shape index (κ3) is 3.39. The Morgan fingerprint density at radius 1 is 0.909 bits per heavy atom. The minimum Gasteiger partial charge on any atom is -0.491 e. The van der Waals surface area contributed by atoms with Crippen molar-refractivity contribution in [2.75, 3.05) is 24.6 Å². The summed E-state index contributed by atoms with van der Waals surface area (Å²) in [5, 5.41) is 3.14. The average molecular weight is 439 g/mol. The smallest absolute Gasteiger partial charge is 0.240 e. The van der Waals surface area contributed by atoms with Crippen LogP contribution in [0.25, 0.3) is 0 Å². The first-order valence-corrected chi connectivity index (χ1v) is 11.7. The number of hydrogen-bond acceptors (Lipinski definition) is 3. The van der Waals surface area contributed by atoms with E-state index in [-0.39, 0.29) is 30.7 Å². The van der Waals surface area contributed by atoms with Gasteiger partial charge in [0.2, 0.25) is 11.8 Å². The number of rotatable bonds is 4. The summed E-state index contributed by atoms with van der Waals surface area (Å²) >= 11 is 0. The van der Waals surface area contributed by atoms with Crippen LogP contribution in [0.5, 0.6) is 5.75 Å². The molecule has 5 nitrogen and oxygen atoms in total. The zero-order valence-corrected chi connectivity index (χ0v) is 18.4. The molecule has 3 aliphatic carbocycles. The highest BCUT2D eigenvalue weighted by molar-refractivity contribution is 6.00. The molecule has 166 valence electrons. The zero-order valence-electron chi connectivity index (χ0n) is 18.4. The van der Waals surface area contributed by atoms with Crippen LogP contribution >= 0.6 is 0 Å². The van der Waals surface area contributed by atoms with E-state index in [0.29, 0.717) is 36.4 Å². The van der Waals surface area contributed by atoms with Crippen LogP contribution in [0.15, 0.2) is 72.8 Å². The van der Waals surface area contributed by atoms with E-state index < -0.39 is 0 Å². The molecule has 0 aromatic heterocycles. The Balaban J connectivity index is 1.20. The largest absolute Gasteiger partial charge is 0.491 e. The van der Waals surface area contributed by atoms with Gasteiger partial charge in [0.25, 0.3) is 0 Å². The molecule has 2 amide bonds. The molecular formula is C28H26N2O3. The van der Waals surface area contributed by atoms with E-state index in [1.54, 1.807) is 4.90 Å². The number of nitrogens with zero attached hydrogens (tertiary/aromatic N) is 1. The molecule has 1 heterocycles. The number of carbonyl (C=O) groups excluding carboxylic acids is 2. The lowest BCUT2D eigenvalue weighted by Crippen LogP contribution is -2.44. The molecule has 1 N–H and O–H groups in total. The highest BCUT2D eigenvalue weighted by Gasteiger charge is 2.43. The predicted octanol–water partition coefficient (Wildman–Crippen LogP) is 4.22. The highest BCUT2D eigenvalue weighted by Crippen LogP contribution is 2.55. The lowest BCUT2D eigenvalue weighted by molar-refractivity contribution is -0.124. The van der Waals surface area contributed by atoms with E-state index in [9.17, 15) is 9.59 Å². The van der Waals surface area contributed by atoms with Gasteiger partial charge in [0.05, 0.1) is 18.7 Å². The number of para-hydroxylation sites is 2. The second-order valence-corrected chi connectivity index (χ2v) is 9.13. The maximum atomic E-state index is 13.0. The monoisotopic (exact) mass is 438 g/mol. The Hall–Kier alpha value is -3.60. The SMILES string of the molecule is O=C(CN1C(=O)CCOc2ccccc21)NC[C@H]1CC2c3ccccc3C1c1ccccc12. The quantitative estimate of drug-likeness (QED) is 0.664. The molecule has 3 aromatic rings. The van der Waals surface area contributed by atoms with Gasteiger partial charge in [-0.2, -0.15) is 0 Å². The molecule has 5 heteroatoms. The number of ether oxygens (including phenoxy) is 1. The molecule has 1 aliphatic heterocycles. The number of carbonyl (C=O) groups is 2. The summed E-state index contributed by atoms with van der Waals surface area (Å²) < 4.78 is 5.69. The Morgan fingerprint density at radius 2 is 1.55 bits per heavy atom. The summed E-state index contributed by atoms with van der Waals surface area (Å²) in [5.74, 6) is 1.42. The Labute approximate surface area is 193 Å². The van der Waals surface area contributed by atoms with Gasteiger partial charge in [0.1, 0.15) is 12.3 Å². The van der Waals surface area contributed by atoms with Crippen molar-refractivity contribution in [3.8, 4) is 5.75 Å². The van der Waals surface area contributed by atoms with Crippen molar-refractivity contribution in [3.63, 3.8) is 0 Å². The van der Waals surface area contributed by atoms with Gasteiger partial charge in [0, 0.05) is 18.4 Å². The predicted molar refractivity (Wildman–Crippen MR) is 127 cm³/mol. The third-order valence-electron chi connectivity index (χ3n) is 7.32. The third-order valence-corrected chi connectivity index (χ3v) is 7.32. The second kappa shape index (κ2) is 8.07. The number of amides is 2. The number of fused-ring (bicyclic) bond motifs is 2. The van der Waals surface area contributed by atoms with E-state index in [2.05, 4.69) is 53.8 Å². The summed E-state index contributed by atoms with van der Waals surface area (Å²) in [6.07, 6.45) is 1.29. The molecule has 2 bridgehead atoms. The topological polar surface area (TPSA) is 58.6 Å². The molecule has 0 spiro atoms. The summed E-state index contributed by atoms with van der Waals surface area (Å²) in [7, 11) is 0. The standard InChI is InChI=1S/C28H26N2O3/c31-26(17-30-24-11-5-6-12-25(24)33-14-13-27(30)32)29-16-18-15-23-19-7-1-3-9-21(19)28(18)22-10-4-2-8-20(22)23/h1-12,18,23,28H,13-17H2,(H,29,31)/t18-,23?,28?/m1/s1. The van der Waals surface area contributed by atoms with E-state index in [0.717, 1.165) is 6.42 Å². The fourth-order valence-electron chi connectivity index (χ4n) is 5.90. The van der Waals surface area contributed by atoms with Crippen LogP contribution < -0.4 is 15.0 Å². The Morgan fingerprint density at radius 3 is 2.27 bits per heavy atom. The Bertz CT molecular complexity index is 1190. The van der Waals surface area contributed by atoms with Crippen molar-refractivity contribution in [2.45, 2.75) is 24.7 Å². The van der Waals surface area contributed by atoms with Crippen molar-refractivity contribution in [1.29, 1.82) is 0 Å². The molecule has 0 radical (unpaired) electrons. The number of nitrogens with one attached hydrogen (secondary N) is 1. The molecule has 0 saturated carbocycles. The van der Waals surface area contributed by atoms with Crippen molar-refractivity contribution in [3.05, 3.63) is 95.1 Å². The fraction of sp³-hybridized carbons (Fsp3) is 0.286. The van der Waals surface area contributed by atoms with Crippen molar-refractivity contribution >= 4 is 17.5 Å². The summed E-state index contributed by atoms with van der Waals surface area (Å²) in [6, 6.07) is 24.9. The minimum atomic E-state index is -0.136. The highest BCUT2D eigenvalue weighted by atomic mass is 16.5. The Kier molecular flexibility index (Phi) is 4.90. The normalized spacial score (nSPS) is 22.5. The van der Waals surface area contributed by atoms with Crippen molar-refractivity contribution in [2.24, 2.45) is 5.92 Å². The van der Waals surface area contributed by atoms with Crippen LogP contribution in [0.3, 0.4) is 0 Å². The van der Waals surface area contributed by atoms with Gasteiger partial charge < -0.3 is 10.1 Å². The molecule has 3 aromatic carbocycles. The molecule has 7 rings (SSSR count). The van der Waals surface area contributed by atoms with Crippen molar-refractivity contribution < 1.29 is 14.3 Å². The lowest BCUT2D eigenvalue weighted by Gasteiger charge is -2.45. The van der Waals surface area contributed by atoms with Gasteiger partial charge in [-0.1, -0.05) is 60.7 Å². The average Bonchev–Trinajstić information content (AvgIpc) is 3.01. The minimum absolute atomic E-state index is 0.00714. The summed E-state index contributed by atoms with van der Waals surface area (Å²) in [5.41, 5.74) is 6.29. The molecule has 0 unspecified atom stereocenters. The summed E-state index contributed by atoms with van der Waals surface area (Å²) in [4.78, 5) is 27.2. The van der Waals surface area contributed by atoms with Gasteiger partial charge in [0.15, 0.2) is 0 Å². The van der Waals surface area contributed by atoms with E-state index in [1.807, 2.05) is 24.3 Å². The maximum absolute atomic E-state index is 13.0. The molecule has 33 heavy (non-hydrogen) atoms.